The van der Waals surface area contributed by atoms with Crippen molar-refractivity contribution in [3.8, 4) is 0 Å². The van der Waals surface area contributed by atoms with Crippen LogP contribution in [0.25, 0.3) is 21.8 Å². The number of benzene rings is 4. The fourth-order valence-corrected chi connectivity index (χ4v) is 4.28. The van der Waals surface area contributed by atoms with Gasteiger partial charge in [-0.2, -0.15) is 0 Å². The van der Waals surface area contributed by atoms with Crippen LogP contribution in [0.3, 0.4) is 0 Å². The van der Waals surface area contributed by atoms with Gasteiger partial charge in [-0.05, 0) is 47.2 Å². The van der Waals surface area contributed by atoms with Crippen LogP contribution in [0, 0.1) is 0 Å². The normalized spacial score (nSPS) is 15.6. The van der Waals surface area contributed by atoms with Crippen LogP contribution in [0.4, 0.5) is 11.4 Å². The maximum Gasteiger partial charge on any atom is 0.259 e. The summed E-state index contributed by atoms with van der Waals surface area (Å²) in [5.41, 5.74) is 3.29. The first-order valence-corrected chi connectivity index (χ1v) is 10.4. The minimum Gasteiger partial charge on any atom is -0.340 e. The summed E-state index contributed by atoms with van der Waals surface area (Å²) in [5, 5.41) is 4.94. The molecule has 0 spiro atoms. The number of carbonyl (C=O) groups excluding carboxylic acids is 2. The molecule has 0 fully saturated rings. The zero-order valence-corrected chi connectivity index (χ0v) is 16.9. The summed E-state index contributed by atoms with van der Waals surface area (Å²) in [6.07, 6.45) is 0. The molecule has 1 unspecified atom stereocenters. The number of rotatable bonds is 2. The molecule has 1 aliphatic heterocycles. The van der Waals surface area contributed by atoms with Crippen LogP contribution in [-0.2, 0) is 4.79 Å². The molecule has 1 aliphatic rings. The first-order chi connectivity index (χ1) is 15.7. The highest BCUT2D eigenvalue weighted by Gasteiger charge is 2.40. The lowest BCUT2D eigenvalue weighted by molar-refractivity contribution is -0.117. The number of amides is 2. The first kappa shape index (κ1) is 18.3. The molecule has 154 valence electrons. The Morgan fingerprint density at radius 1 is 0.844 bits per heavy atom. The number of H-pyrrole nitrogens is 1. The second kappa shape index (κ2) is 7.06. The van der Waals surface area contributed by atoms with Crippen LogP contribution < -0.4 is 10.2 Å². The molecule has 0 bridgehead atoms. The molecule has 2 amide bonds. The second-order valence-electron chi connectivity index (χ2n) is 7.79. The summed E-state index contributed by atoms with van der Waals surface area (Å²) in [6, 6.07) is 27.4. The molecule has 2 N–H and O–H groups in total. The number of nitrogens with one attached hydrogen (secondary N) is 2. The van der Waals surface area contributed by atoms with Gasteiger partial charge in [-0.1, -0.05) is 54.6 Å². The maximum absolute atomic E-state index is 13.9. The van der Waals surface area contributed by atoms with E-state index in [1.165, 1.54) is 4.90 Å². The van der Waals surface area contributed by atoms with Crippen molar-refractivity contribution in [2.45, 2.75) is 6.04 Å². The molecular formula is C26H18N4O2. The predicted molar refractivity (Wildman–Crippen MR) is 125 cm³/mol. The van der Waals surface area contributed by atoms with Gasteiger partial charge < -0.3 is 10.3 Å². The Kier molecular flexibility index (Phi) is 4.04. The van der Waals surface area contributed by atoms with Crippen LogP contribution >= 0.6 is 0 Å². The Balaban J connectivity index is 1.52. The van der Waals surface area contributed by atoms with Crippen molar-refractivity contribution in [3.63, 3.8) is 0 Å². The van der Waals surface area contributed by atoms with E-state index in [2.05, 4.69) is 15.3 Å². The Morgan fingerprint density at radius 2 is 1.59 bits per heavy atom. The van der Waals surface area contributed by atoms with E-state index in [0.717, 1.165) is 21.8 Å². The smallest absolute Gasteiger partial charge is 0.259 e. The quantitative estimate of drug-likeness (QED) is 0.421. The summed E-state index contributed by atoms with van der Waals surface area (Å²) >= 11 is 0. The van der Waals surface area contributed by atoms with Crippen LogP contribution in [-0.4, -0.2) is 21.8 Å². The summed E-state index contributed by atoms with van der Waals surface area (Å²) < 4.78 is 0. The van der Waals surface area contributed by atoms with Gasteiger partial charge in [0.15, 0.2) is 6.04 Å². The third-order valence-electron chi connectivity index (χ3n) is 5.81. The summed E-state index contributed by atoms with van der Waals surface area (Å²) in [5.74, 6) is -0.146. The minimum atomic E-state index is -0.920. The van der Waals surface area contributed by atoms with E-state index in [1.807, 2.05) is 78.9 Å². The van der Waals surface area contributed by atoms with Gasteiger partial charge in [-0.15, -0.1) is 0 Å². The average Bonchev–Trinajstić information content (AvgIpc) is 3.26. The largest absolute Gasteiger partial charge is 0.340 e. The molecule has 0 saturated carbocycles. The third kappa shape index (κ3) is 2.85. The number of aromatic nitrogens is 2. The number of anilines is 2. The molecule has 6 heteroatoms. The number of imidazole rings is 1. The third-order valence-corrected chi connectivity index (χ3v) is 5.81. The molecule has 1 atom stereocenters. The lowest BCUT2D eigenvalue weighted by atomic mass is 10.0. The zero-order chi connectivity index (χ0) is 21.7. The number of carbonyl (C=O) groups is 2. The summed E-state index contributed by atoms with van der Waals surface area (Å²) in [7, 11) is 0. The molecule has 6 rings (SSSR count). The zero-order valence-electron chi connectivity index (χ0n) is 16.9. The molecule has 4 aromatic carbocycles. The number of hydrogen-bond donors (Lipinski definition) is 2. The van der Waals surface area contributed by atoms with E-state index in [1.54, 1.807) is 12.1 Å². The average molecular weight is 418 g/mol. The second-order valence-corrected chi connectivity index (χ2v) is 7.79. The highest BCUT2D eigenvalue weighted by Crippen LogP contribution is 2.39. The van der Waals surface area contributed by atoms with Gasteiger partial charge in [0.1, 0.15) is 5.82 Å². The fraction of sp³-hybridized carbons (Fsp3) is 0.0385. The van der Waals surface area contributed by atoms with Crippen molar-refractivity contribution >= 4 is 45.0 Å². The lowest BCUT2D eigenvalue weighted by Gasteiger charge is -2.35. The molecule has 1 aromatic heterocycles. The van der Waals surface area contributed by atoms with Crippen LogP contribution in [0.1, 0.15) is 22.2 Å². The van der Waals surface area contributed by atoms with Gasteiger partial charge >= 0.3 is 0 Å². The topological polar surface area (TPSA) is 78.1 Å². The van der Waals surface area contributed by atoms with E-state index < -0.39 is 6.04 Å². The van der Waals surface area contributed by atoms with E-state index in [4.69, 9.17) is 0 Å². The SMILES string of the molecule is O=C1Nc2ccccc2N(C(=O)c2ccc3ccccc3c2)C1c1nc2ccccc2[nH]1. The number of hydrogen-bond acceptors (Lipinski definition) is 3. The Morgan fingerprint density at radius 3 is 2.47 bits per heavy atom. The van der Waals surface area contributed by atoms with E-state index in [0.29, 0.717) is 22.8 Å². The van der Waals surface area contributed by atoms with Crippen LogP contribution in [0.2, 0.25) is 0 Å². The molecular weight excluding hydrogens is 400 g/mol. The van der Waals surface area contributed by atoms with Crippen molar-refractivity contribution in [3.05, 3.63) is 102 Å². The van der Waals surface area contributed by atoms with Crippen LogP contribution in [0.5, 0.6) is 0 Å². The number of fused-ring (bicyclic) bond motifs is 3. The van der Waals surface area contributed by atoms with E-state index in [9.17, 15) is 9.59 Å². The lowest BCUT2D eigenvalue weighted by Crippen LogP contribution is -2.45. The Hall–Kier alpha value is -4.45. The Labute approximate surface area is 183 Å². The molecule has 5 aromatic rings. The van der Waals surface area contributed by atoms with Gasteiger partial charge in [-0.3, -0.25) is 14.5 Å². The van der Waals surface area contributed by atoms with Crippen molar-refractivity contribution in [1.29, 1.82) is 0 Å². The first-order valence-electron chi connectivity index (χ1n) is 10.4. The Bertz CT molecular complexity index is 1490. The van der Waals surface area contributed by atoms with Gasteiger partial charge in [0, 0.05) is 5.56 Å². The summed E-state index contributed by atoms with van der Waals surface area (Å²) in [4.78, 5) is 36.5. The van der Waals surface area contributed by atoms with Gasteiger partial charge in [0.25, 0.3) is 11.8 Å². The molecule has 0 radical (unpaired) electrons. The van der Waals surface area contributed by atoms with Crippen molar-refractivity contribution in [2.75, 3.05) is 10.2 Å². The highest BCUT2D eigenvalue weighted by molar-refractivity contribution is 6.17. The van der Waals surface area contributed by atoms with E-state index >= 15 is 0 Å². The standard InChI is InChI=1S/C26H18N4O2/c31-25-23(24-27-19-9-3-4-10-20(19)28-24)30(22-12-6-5-11-21(22)29-25)26(32)18-14-13-16-7-1-2-8-17(16)15-18/h1-15,23H,(H,27,28)(H,29,31). The van der Waals surface area contributed by atoms with Gasteiger partial charge in [0.2, 0.25) is 0 Å². The number of para-hydroxylation sites is 4. The maximum atomic E-state index is 13.9. The molecule has 6 nitrogen and oxygen atoms in total. The molecule has 0 saturated heterocycles. The fourth-order valence-electron chi connectivity index (χ4n) is 4.28. The predicted octanol–water partition coefficient (Wildman–Crippen LogP) is 5.06. The monoisotopic (exact) mass is 418 g/mol. The van der Waals surface area contributed by atoms with Gasteiger partial charge in [-0.25, -0.2) is 4.98 Å². The van der Waals surface area contributed by atoms with Crippen molar-refractivity contribution < 1.29 is 9.59 Å². The van der Waals surface area contributed by atoms with Crippen molar-refractivity contribution in [1.82, 2.24) is 9.97 Å². The van der Waals surface area contributed by atoms with Gasteiger partial charge in [0.05, 0.1) is 22.4 Å². The molecule has 2 heterocycles. The highest BCUT2D eigenvalue weighted by atomic mass is 16.2. The van der Waals surface area contributed by atoms with Crippen LogP contribution in [0.15, 0.2) is 91.0 Å². The number of nitrogens with zero attached hydrogens (tertiary/aromatic N) is 2. The molecule has 32 heavy (non-hydrogen) atoms. The van der Waals surface area contributed by atoms with E-state index in [-0.39, 0.29) is 11.8 Å². The number of aromatic amines is 1. The molecule has 0 aliphatic carbocycles. The summed E-state index contributed by atoms with van der Waals surface area (Å²) in [6.45, 7) is 0. The van der Waals surface area contributed by atoms with Crippen molar-refractivity contribution in [2.24, 2.45) is 0 Å². The minimum absolute atomic E-state index is 0.261.